The van der Waals surface area contributed by atoms with Crippen molar-refractivity contribution in [2.24, 2.45) is 0 Å². The molecule has 0 aliphatic heterocycles. The Hall–Kier alpha value is -2.30. The Labute approximate surface area is 124 Å². The number of methoxy groups -OCH3 is 2. The number of hydrogen-bond donors (Lipinski definition) is 1. The molecule has 0 amide bonds. The van der Waals surface area contributed by atoms with E-state index in [1.807, 2.05) is 20.8 Å². The molecule has 0 fully saturated rings. The van der Waals surface area contributed by atoms with E-state index in [1.54, 1.807) is 25.3 Å². The quantitative estimate of drug-likeness (QED) is 0.400. The summed E-state index contributed by atoms with van der Waals surface area (Å²) in [4.78, 5) is 22.5. The summed E-state index contributed by atoms with van der Waals surface area (Å²) in [5.74, 6) is -1.54. The highest BCUT2D eigenvalue weighted by atomic mass is 16.5. The lowest BCUT2D eigenvalue weighted by atomic mass is 9.85. The lowest BCUT2D eigenvalue weighted by Gasteiger charge is -2.22. The van der Waals surface area contributed by atoms with Gasteiger partial charge in [0, 0.05) is 17.2 Å². The van der Waals surface area contributed by atoms with E-state index in [9.17, 15) is 14.7 Å². The smallest absolute Gasteiger partial charge is 0.378 e. The Morgan fingerprint density at radius 2 is 1.81 bits per heavy atom. The highest BCUT2D eigenvalue weighted by Gasteiger charge is 2.20. The zero-order chi connectivity index (χ0) is 16.2. The monoisotopic (exact) mass is 292 g/mol. The van der Waals surface area contributed by atoms with Crippen molar-refractivity contribution in [2.75, 3.05) is 14.2 Å². The molecule has 5 nitrogen and oxygen atoms in total. The molecule has 0 saturated carbocycles. The Balaban J connectivity index is 3.23. The molecule has 0 aromatic heterocycles. The largest absolute Gasteiger partial charge is 0.507 e. The van der Waals surface area contributed by atoms with Crippen LogP contribution in [0.5, 0.6) is 5.75 Å². The van der Waals surface area contributed by atoms with E-state index >= 15 is 0 Å². The van der Waals surface area contributed by atoms with Crippen LogP contribution < -0.4 is 4.74 Å². The van der Waals surface area contributed by atoms with Gasteiger partial charge in [-0.3, -0.25) is 4.79 Å². The Morgan fingerprint density at radius 1 is 1.19 bits per heavy atom. The molecule has 1 rings (SSSR count). The number of ether oxygens (including phenoxy) is 2. The summed E-state index contributed by atoms with van der Waals surface area (Å²) in [6.07, 6.45) is 0.847. The zero-order valence-corrected chi connectivity index (χ0v) is 12.9. The molecule has 0 unspecified atom stereocenters. The van der Waals surface area contributed by atoms with Gasteiger partial charge in [-0.25, -0.2) is 4.79 Å². The van der Waals surface area contributed by atoms with Crippen molar-refractivity contribution < 1.29 is 24.2 Å². The Kier molecular flexibility index (Phi) is 5.13. The van der Waals surface area contributed by atoms with E-state index in [0.717, 1.165) is 18.7 Å². The van der Waals surface area contributed by atoms with Crippen LogP contribution >= 0.6 is 0 Å². The number of aliphatic hydroxyl groups is 1. The van der Waals surface area contributed by atoms with Crippen molar-refractivity contribution in [3.8, 4) is 5.75 Å². The van der Waals surface area contributed by atoms with Crippen molar-refractivity contribution in [3.63, 3.8) is 0 Å². The molecule has 21 heavy (non-hydrogen) atoms. The summed E-state index contributed by atoms with van der Waals surface area (Å²) < 4.78 is 9.60. The minimum Gasteiger partial charge on any atom is -0.507 e. The van der Waals surface area contributed by atoms with Gasteiger partial charge in [-0.15, -0.1) is 0 Å². The van der Waals surface area contributed by atoms with Gasteiger partial charge in [0.15, 0.2) is 0 Å². The highest BCUT2D eigenvalue weighted by Crippen LogP contribution is 2.33. The lowest BCUT2D eigenvalue weighted by molar-refractivity contribution is -0.149. The predicted octanol–water partition coefficient (Wildman–Crippen LogP) is 2.63. The van der Waals surface area contributed by atoms with Crippen LogP contribution in [0.2, 0.25) is 0 Å². The third-order valence-electron chi connectivity index (χ3n) is 2.96. The van der Waals surface area contributed by atoms with Crippen LogP contribution in [0.4, 0.5) is 0 Å². The van der Waals surface area contributed by atoms with Crippen LogP contribution in [0, 0.1) is 0 Å². The molecular weight excluding hydrogens is 272 g/mol. The van der Waals surface area contributed by atoms with E-state index in [-0.39, 0.29) is 11.2 Å². The van der Waals surface area contributed by atoms with Crippen LogP contribution in [0.15, 0.2) is 24.3 Å². The summed E-state index contributed by atoms with van der Waals surface area (Å²) in [5, 5.41) is 9.98. The number of benzene rings is 1. The Bertz CT molecular complexity index is 579. The van der Waals surface area contributed by atoms with Crippen molar-refractivity contribution >= 4 is 17.5 Å². The van der Waals surface area contributed by atoms with Crippen molar-refractivity contribution in [1.29, 1.82) is 0 Å². The number of hydrogen-bond acceptors (Lipinski definition) is 5. The average molecular weight is 292 g/mol. The fourth-order valence-corrected chi connectivity index (χ4v) is 1.82. The number of esters is 1. The van der Waals surface area contributed by atoms with Crippen LogP contribution in [0.25, 0.3) is 5.76 Å². The van der Waals surface area contributed by atoms with Crippen molar-refractivity contribution in [1.82, 2.24) is 0 Å². The molecule has 0 aliphatic rings. The third kappa shape index (κ3) is 4.08. The number of carbonyl (C=O) groups is 2. The van der Waals surface area contributed by atoms with Crippen LogP contribution in [0.1, 0.15) is 31.9 Å². The molecule has 0 aliphatic carbocycles. The average Bonchev–Trinajstić information content (AvgIpc) is 2.44. The van der Waals surface area contributed by atoms with Crippen LogP contribution in [-0.2, 0) is 19.7 Å². The van der Waals surface area contributed by atoms with Crippen molar-refractivity contribution in [2.45, 2.75) is 26.2 Å². The number of carbonyl (C=O) groups excluding carboxylic acids is 2. The second kappa shape index (κ2) is 6.43. The summed E-state index contributed by atoms with van der Waals surface area (Å²) in [5.41, 5.74) is 1.11. The normalized spacial score (nSPS) is 12.0. The first kappa shape index (κ1) is 16.8. The molecule has 0 radical (unpaired) electrons. The van der Waals surface area contributed by atoms with Crippen LogP contribution in [0.3, 0.4) is 0 Å². The molecule has 1 aromatic carbocycles. The summed E-state index contributed by atoms with van der Waals surface area (Å²) in [6.45, 7) is 6.03. The first-order valence-corrected chi connectivity index (χ1v) is 6.42. The number of ketones is 1. The van der Waals surface area contributed by atoms with Gasteiger partial charge in [0.05, 0.1) is 14.2 Å². The summed E-state index contributed by atoms with van der Waals surface area (Å²) in [6, 6.07) is 5.06. The first-order chi connectivity index (χ1) is 9.70. The molecule has 0 bridgehead atoms. The lowest BCUT2D eigenvalue weighted by Crippen LogP contribution is -2.14. The summed E-state index contributed by atoms with van der Waals surface area (Å²) >= 11 is 0. The standard InChI is InChI=1S/C16H20O5/c1-16(2,3)11-8-10(6-7-14(11)20-4)12(17)9-13(18)15(19)21-5/h6-9,17H,1-5H3/b12-9-. The van der Waals surface area contributed by atoms with Crippen LogP contribution in [-0.4, -0.2) is 31.1 Å². The van der Waals surface area contributed by atoms with E-state index < -0.39 is 11.8 Å². The molecule has 1 N–H and O–H groups in total. The van der Waals surface area contributed by atoms with Gasteiger partial charge in [-0.2, -0.15) is 0 Å². The van der Waals surface area contributed by atoms with E-state index in [2.05, 4.69) is 4.74 Å². The maximum atomic E-state index is 11.4. The topological polar surface area (TPSA) is 72.8 Å². The zero-order valence-electron chi connectivity index (χ0n) is 12.9. The molecule has 114 valence electrons. The van der Waals surface area contributed by atoms with Crippen molar-refractivity contribution in [3.05, 3.63) is 35.4 Å². The van der Waals surface area contributed by atoms with E-state index in [1.165, 1.54) is 0 Å². The first-order valence-electron chi connectivity index (χ1n) is 6.42. The predicted molar refractivity (Wildman–Crippen MR) is 79.3 cm³/mol. The van der Waals surface area contributed by atoms with Gasteiger partial charge in [0.2, 0.25) is 0 Å². The van der Waals surface area contributed by atoms with Gasteiger partial charge in [0.1, 0.15) is 11.5 Å². The van der Waals surface area contributed by atoms with Gasteiger partial charge >= 0.3 is 5.97 Å². The fraction of sp³-hybridized carbons (Fsp3) is 0.375. The molecular formula is C16H20O5. The Morgan fingerprint density at radius 3 is 2.29 bits per heavy atom. The highest BCUT2D eigenvalue weighted by molar-refractivity contribution is 6.39. The SMILES string of the molecule is COC(=O)C(=O)/C=C(\O)c1ccc(OC)c(C(C)(C)C)c1. The second-order valence-electron chi connectivity index (χ2n) is 5.55. The summed E-state index contributed by atoms with van der Waals surface area (Å²) in [7, 11) is 2.68. The molecule has 0 heterocycles. The van der Waals surface area contributed by atoms with Gasteiger partial charge in [0.25, 0.3) is 5.78 Å². The van der Waals surface area contributed by atoms with Gasteiger partial charge in [-0.1, -0.05) is 20.8 Å². The second-order valence-corrected chi connectivity index (χ2v) is 5.55. The third-order valence-corrected chi connectivity index (χ3v) is 2.96. The molecule has 0 spiro atoms. The molecule has 1 aromatic rings. The molecule has 5 heteroatoms. The number of rotatable bonds is 4. The van der Waals surface area contributed by atoms with Gasteiger partial charge < -0.3 is 14.6 Å². The fourth-order valence-electron chi connectivity index (χ4n) is 1.82. The van der Waals surface area contributed by atoms with Gasteiger partial charge in [-0.05, 0) is 23.6 Å². The van der Waals surface area contributed by atoms with E-state index in [4.69, 9.17) is 4.74 Å². The maximum Gasteiger partial charge on any atom is 0.378 e. The van der Waals surface area contributed by atoms with E-state index in [0.29, 0.717) is 11.3 Å². The minimum atomic E-state index is -1.02. The molecule has 0 saturated heterocycles. The number of aliphatic hydroxyl groups excluding tert-OH is 1. The minimum absolute atomic E-state index is 0.200. The maximum absolute atomic E-state index is 11.4. The molecule has 0 atom stereocenters.